The molecule has 0 saturated heterocycles. The lowest BCUT2D eigenvalue weighted by atomic mass is 10.1. The van der Waals surface area contributed by atoms with E-state index in [4.69, 9.17) is 34.8 Å². The number of carbonyl (C=O) groups excluding carboxylic acids is 1. The van der Waals surface area contributed by atoms with Crippen molar-refractivity contribution in [2.75, 3.05) is 0 Å². The summed E-state index contributed by atoms with van der Waals surface area (Å²) >= 11 is 18.4. The van der Waals surface area contributed by atoms with E-state index in [1.807, 2.05) is 35.0 Å². The third-order valence-electron chi connectivity index (χ3n) is 4.70. The summed E-state index contributed by atoms with van der Waals surface area (Å²) in [7, 11) is 0. The van der Waals surface area contributed by atoms with Crippen LogP contribution in [-0.2, 0) is 19.5 Å². The molecular weight excluding hydrogens is 470 g/mol. The minimum absolute atomic E-state index is 0. The standard InChI is InChI=1S/C20H16Cl3N2O.BrH/c21-15-5-2-1-4-14(15)19(26)12-24-11-18(25-9-3-6-20(24)25)13-7-8-16(22)17(23)10-13;/h1-2,4-5,7-8,10-11H,3,6,9,12H2;1H/q+1;/p-1. The molecule has 4 rings (SSSR count). The smallest absolute Gasteiger partial charge is 0.257 e. The molecule has 0 saturated carbocycles. The molecule has 3 nitrogen and oxygen atoms in total. The number of hydrogen-bond donors (Lipinski definition) is 0. The molecule has 0 fully saturated rings. The monoisotopic (exact) mass is 484 g/mol. The van der Waals surface area contributed by atoms with Crippen LogP contribution in [0.1, 0.15) is 22.6 Å². The Bertz CT molecular complexity index is 1020. The van der Waals surface area contributed by atoms with Crippen molar-refractivity contribution in [2.24, 2.45) is 0 Å². The molecule has 0 aliphatic carbocycles. The largest absolute Gasteiger partial charge is 1.00 e. The van der Waals surface area contributed by atoms with Gasteiger partial charge in [0.05, 0.1) is 28.0 Å². The second kappa shape index (κ2) is 8.36. The highest BCUT2D eigenvalue weighted by atomic mass is 79.9. The van der Waals surface area contributed by atoms with Gasteiger partial charge in [0.25, 0.3) is 5.82 Å². The van der Waals surface area contributed by atoms with E-state index in [1.54, 1.807) is 18.2 Å². The van der Waals surface area contributed by atoms with Crippen LogP contribution < -0.4 is 21.5 Å². The summed E-state index contributed by atoms with van der Waals surface area (Å²) in [6, 6.07) is 12.8. The maximum Gasteiger partial charge on any atom is 0.257 e. The van der Waals surface area contributed by atoms with Crippen LogP contribution in [0, 0.1) is 0 Å². The van der Waals surface area contributed by atoms with Gasteiger partial charge in [-0.25, -0.2) is 9.13 Å². The molecule has 0 bridgehead atoms. The Morgan fingerprint density at radius 3 is 2.56 bits per heavy atom. The summed E-state index contributed by atoms with van der Waals surface area (Å²) in [5.74, 6) is 1.15. The highest BCUT2D eigenvalue weighted by molar-refractivity contribution is 6.42. The van der Waals surface area contributed by atoms with Crippen LogP contribution in [0.5, 0.6) is 0 Å². The van der Waals surface area contributed by atoms with Crippen molar-refractivity contribution in [3.05, 3.63) is 75.1 Å². The first-order valence-corrected chi connectivity index (χ1v) is 9.53. The molecule has 0 N–H and O–H groups in total. The minimum Gasteiger partial charge on any atom is -1.00 e. The normalized spacial score (nSPS) is 12.6. The third kappa shape index (κ3) is 3.95. The van der Waals surface area contributed by atoms with Gasteiger partial charge in [-0.3, -0.25) is 4.79 Å². The Hall–Kier alpha value is -1.33. The summed E-state index contributed by atoms with van der Waals surface area (Å²) in [5, 5.41) is 1.54. The number of benzene rings is 2. The van der Waals surface area contributed by atoms with Gasteiger partial charge in [0.15, 0.2) is 12.2 Å². The molecule has 2 aromatic carbocycles. The number of aromatic nitrogens is 2. The average Bonchev–Trinajstić information content (AvgIpc) is 3.22. The minimum atomic E-state index is 0. The maximum absolute atomic E-state index is 12.7. The van der Waals surface area contributed by atoms with E-state index in [0.717, 1.165) is 36.5 Å². The molecule has 1 aliphatic heterocycles. The summed E-state index contributed by atoms with van der Waals surface area (Å²) in [6.45, 7) is 1.19. The number of imidazole rings is 1. The number of rotatable bonds is 4. The van der Waals surface area contributed by atoms with E-state index >= 15 is 0 Å². The van der Waals surface area contributed by atoms with Crippen LogP contribution in [0.2, 0.25) is 15.1 Å². The number of halogens is 4. The fourth-order valence-corrected chi connectivity index (χ4v) is 4.00. The molecule has 27 heavy (non-hydrogen) atoms. The Labute approximate surface area is 183 Å². The van der Waals surface area contributed by atoms with Gasteiger partial charge in [0.1, 0.15) is 6.20 Å². The van der Waals surface area contributed by atoms with Gasteiger partial charge in [0.2, 0.25) is 5.78 Å². The number of ketones is 1. The van der Waals surface area contributed by atoms with Gasteiger partial charge in [0, 0.05) is 11.1 Å². The molecule has 0 unspecified atom stereocenters. The molecule has 3 aromatic rings. The Morgan fingerprint density at radius 1 is 1.04 bits per heavy atom. The molecule has 0 radical (unpaired) electrons. The van der Waals surface area contributed by atoms with Gasteiger partial charge >= 0.3 is 0 Å². The quantitative estimate of drug-likeness (QED) is 0.410. The zero-order chi connectivity index (χ0) is 18.3. The van der Waals surface area contributed by atoms with Crippen molar-refractivity contribution < 1.29 is 26.3 Å². The van der Waals surface area contributed by atoms with Crippen LogP contribution in [-0.4, -0.2) is 10.4 Å². The Kier molecular flexibility index (Phi) is 6.32. The first-order chi connectivity index (χ1) is 12.5. The van der Waals surface area contributed by atoms with Crippen molar-refractivity contribution in [3.63, 3.8) is 0 Å². The van der Waals surface area contributed by atoms with Gasteiger partial charge in [-0.1, -0.05) is 46.9 Å². The van der Waals surface area contributed by atoms with Crippen molar-refractivity contribution >= 4 is 40.6 Å². The topological polar surface area (TPSA) is 25.9 Å². The van der Waals surface area contributed by atoms with Gasteiger partial charge in [-0.15, -0.1) is 0 Å². The average molecular weight is 487 g/mol. The second-order valence-electron chi connectivity index (χ2n) is 6.35. The van der Waals surface area contributed by atoms with E-state index in [1.165, 1.54) is 0 Å². The van der Waals surface area contributed by atoms with Crippen LogP contribution >= 0.6 is 34.8 Å². The molecule has 0 amide bonds. The number of hydrogen-bond acceptors (Lipinski definition) is 1. The summed E-state index contributed by atoms with van der Waals surface area (Å²) in [6.07, 6.45) is 4.02. The number of carbonyl (C=O) groups is 1. The number of Topliss-reactive ketones (excluding diaryl/α,β-unsaturated/α-hetero) is 1. The number of fused-ring (bicyclic) bond motifs is 1. The van der Waals surface area contributed by atoms with Crippen LogP contribution in [0.3, 0.4) is 0 Å². The highest BCUT2D eigenvalue weighted by Gasteiger charge is 2.30. The predicted octanol–water partition coefficient (Wildman–Crippen LogP) is 2.24. The molecule has 0 spiro atoms. The molecule has 2 heterocycles. The highest BCUT2D eigenvalue weighted by Crippen LogP contribution is 2.30. The van der Waals surface area contributed by atoms with Gasteiger partial charge in [-0.2, -0.15) is 0 Å². The summed E-state index contributed by atoms with van der Waals surface area (Å²) in [4.78, 5) is 12.7. The lowest BCUT2D eigenvalue weighted by molar-refractivity contribution is -0.689. The fourth-order valence-electron chi connectivity index (χ4n) is 3.46. The molecule has 1 aromatic heterocycles. The lowest BCUT2D eigenvalue weighted by Crippen LogP contribution is -3.00. The summed E-state index contributed by atoms with van der Waals surface area (Å²) in [5.41, 5.74) is 2.59. The SMILES string of the molecule is O=C(C[n+]1cc(-c2ccc(Cl)c(Cl)c2)n2c1CCC2)c1ccccc1Cl.[Br-]. The Balaban J connectivity index is 0.00000210. The van der Waals surface area contributed by atoms with Crippen molar-refractivity contribution in [2.45, 2.75) is 25.9 Å². The fraction of sp³-hybridized carbons (Fsp3) is 0.200. The molecule has 0 atom stereocenters. The maximum atomic E-state index is 12.7. The second-order valence-corrected chi connectivity index (χ2v) is 7.57. The van der Waals surface area contributed by atoms with E-state index in [9.17, 15) is 4.79 Å². The van der Waals surface area contributed by atoms with Crippen molar-refractivity contribution in [3.8, 4) is 11.3 Å². The first kappa shape index (κ1) is 20.4. The van der Waals surface area contributed by atoms with Crippen molar-refractivity contribution in [1.82, 2.24) is 4.57 Å². The van der Waals surface area contributed by atoms with E-state index < -0.39 is 0 Å². The zero-order valence-electron chi connectivity index (χ0n) is 14.3. The van der Waals surface area contributed by atoms with Crippen LogP contribution in [0.25, 0.3) is 11.3 Å². The van der Waals surface area contributed by atoms with E-state index in [0.29, 0.717) is 20.6 Å². The third-order valence-corrected chi connectivity index (χ3v) is 5.77. The molecule has 1 aliphatic rings. The van der Waals surface area contributed by atoms with Gasteiger partial charge < -0.3 is 17.0 Å². The summed E-state index contributed by atoms with van der Waals surface area (Å²) < 4.78 is 4.27. The van der Waals surface area contributed by atoms with E-state index in [-0.39, 0.29) is 29.3 Å². The van der Waals surface area contributed by atoms with Crippen LogP contribution in [0.4, 0.5) is 0 Å². The Morgan fingerprint density at radius 2 is 1.81 bits per heavy atom. The molecule has 7 heteroatoms. The van der Waals surface area contributed by atoms with E-state index in [2.05, 4.69) is 4.57 Å². The lowest BCUT2D eigenvalue weighted by Gasteiger charge is -2.02. The number of nitrogens with zero attached hydrogens (tertiary/aromatic N) is 2. The zero-order valence-corrected chi connectivity index (χ0v) is 18.1. The predicted molar refractivity (Wildman–Crippen MR) is 104 cm³/mol. The van der Waals surface area contributed by atoms with Crippen molar-refractivity contribution in [1.29, 1.82) is 0 Å². The van der Waals surface area contributed by atoms with Crippen LogP contribution in [0.15, 0.2) is 48.7 Å². The van der Waals surface area contributed by atoms with Gasteiger partial charge in [-0.05, 0) is 36.8 Å². The molecular formula is C20H16BrCl3N2O. The first-order valence-electron chi connectivity index (χ1n) is 8.39. The molecule has 140 valence electrons.